The molecule has 0 fully saturated rings. The molecular weight excluding hydrogens is 226 g/mol. The summed E-state index contributed by atoms with van der Waals surface area (Å²) in [5.74, 6) is 0. The van der Waals surface area contributed by atoms with Gasteiger partial charge in [0.15, 0.2) is 0 Å². The molecule has 0 nitrogen and oxygen atoms in total. The van der Waals surface area contributed by atoms with Gasteiger partial charge in [0.2, 0.25) is 0 Å². The van der Waals surface area contributed by atoms with Crippen molar-refractivity contribution in [3.63, 3.8) is 0 Å². The first kappa shape index (κ1) is 10.1. The van der Waals surface area contributed by atoms with Gasteiger partial charge >= 0.3 is 11.0 Å². The monoisotopic (exact) mass is 228 g/mol. The minimum absolute atomic E-state index is 0.854. The Morgan fingerprint density at radius 2 is 1.08 bits per heavy atom. The molecule has 0 aliphatic carbocycles. The van der Waals surface area contributed by atoms with Crippen molar-refractivity contribution in [3.8, 4) is 0 Å². The summed E-state index contributed by atoms with van der Waals surface area (Å²) in [5.41, 5.74) is -9.07. The molecule has 2 unspecified atom stereocenters. The van der Waals surface area contributed by atoms with E-state index in [0.717, 1.165) is 0 Å². The van der Waals surface area contributed by atoms with Crippen molar-refractivity contribution in [2.24, 2.45) is 0 Å². The van der Waals surface area contributed by atoms with Gasteiger partial charge in [-0.3, -0.25) is 0 Å². The van der Waals surface area contributed by atoms with Crippen LogP contribution >= 0.6 is 21.0 Å². The summed E-state index contributed by atoms with van der Waals surface area (Å²) in [4.78, 5) is 0. The number of halogens is 6. The number of hydrogen-bond acceptors (Lipinski definition) is 0. The second-order valence-corrected chi connectivity index (χ2v) is 5.97. The van der Waals surface area contributed by atoms with Crippen molar-refractivity contribution in [3.05, 3.63) is 0 Å². The first-order valence-electron chi connectivity index (χ1n) is 2.53. The molecule has 1 rings (SSSR count). The zero-order valence-corrected chi connectivity index (χ0v) is 6.92. The smallest absolute Gasteiger partial charge is 0.160 e. The van der Waals surface area contributed by atoms with E-state index in [2.05, 4.69) is 0 Å². The zero-order valence-electron chi connectivity index (χ0n) is 5.29. The molecule has 0 bridgehead atoms. The average molecular weight is 228 g/mol. The van der Waals surface area contributed by atoms with Crippen molar-refractivity contribution in [2.45, 2.75) is 11.0 Å². The van der Waals surface area contributed by atoms with E-state index in [1.54, 1.807) is 0 Å². The van der Waals surface area contributed by atoms with E-state index in [-0.39, 0.29) is 0 Å². The second kappa shape index (κ2) is 2.78. The van der Waals surface area contributed by atoms with Gasteiger partial charge < -0.3 is 0 Å². The van der Waals surface area contributed by atoms with Crippen LogP contribution in [0.1, 0.15) is 0 Å². The predicted octanol–water partition coefficient (Wildman–Crippen LogP) is 3.17. The molecule has 0 saturated heterocycles. The van der Waals surface area contributed by atoms with E-state index in [0.29, 0.717) is 0 Å². The van der Waals surface area contributed by atoms with Crippen LogP contribution in [0.2, 0.25) is 0 Å². The zero-order chi connectivity index (χ0) is 9.57. The molecule has 0 radical (unpaired) electrons. The van der Waals surface area contributed by atoms with Crippen molar-refractivity contribution < 1.29 is 26.3 Å². The Hall–Kier alpha value is 0.0600. The van der Waals surface area contributed by atoms with Crippen molar-refractivity contribution >= 4 is 25.3 Å². The Kier molecular flexibility index (Phi) is 2.35. The van der Waals surface area contributed by atoms with Crippen LogP contribution < -0.4 is 0 Å². The molecule has 72 valence electrons. The van der Waals surface area contributed by atoms with Gasteiger partial charge in [-0.05, 0) is 25.3 Å². The number of rotatable bonds is 0. The Morgan fingerprint density at radius 1 is 0.833 bits per heavy atom. The third-order valence-electron chi connectivity index (χ3n) is 0.996. The van der Waals surface area contributed by atoms with Crippen LogP contribution in [0.4, 0.5) is 26.3 Å². The van der Waals surface area contributed by atoms with Gasteiger partial charge in [0.1, 0.15) is 0 Å². The van der Waals surface area contributed by atoms with Gasteiger partial charge in [-0.1, -0.05) is 0 Å². The molecular formula is C4H2F6S2. The van der Waals surface area contributed by atoms with Crippen LogP contribution in [-0.2, 0) is 0 Å². The molecule has 1 aliphatic rings. The molecule has 0 aromatic carbocycles. The highest BCUT2D eigenvalue weighted by atomic mass is 32.3. The molecule has 0 saturated carbocycles. The quantitative estimate of drug-likeness (QED) is 0.441. The highest BCUT2D eigenvalue weighted by Crippen LogP contribution is 2.52. The third kappa shape index (κ3) is 2.05. The Morgan fingerprint density at radius 3 is 1.25 bits per heavy atom. The van der Waals surface area contributed by atoms with Crippen LogP contribution in [0, 0.1) is 0 Å². The normalized spacial score (nSPS) is 30.2. The fourth-order valence-electron chi connectivity index (χ4n) is 0.455. The Labute approximate surface area is 68.4 Å². The van der Waals surface area contributed by atoms with Gasteiger partial charge in [0.05, 0.1) is 5.08 Å². The van der Waals surface area contributed by atoms with E-state index < -0.39 is 37.1 Å². The van der Waals surface area contributed by atoms with Crippen LogP contribution in [0.3, 0.4) is 0 Å². The van der Waals surface area contributed by atoms with Crippen LogP contribution in [0.5, 0.6) is 0 Å². The van der Waals surface area contributed by atoms with Crippen LogP contribution in [0.25, 0.3) is 0 Å². The van der Waals surface area contributed by atoms with Crippen molar-refractivity contribution in [2.75, 3.05) is 5.08 Å². The second-order valence-electron chi connectivity index (χ2n) is 1.87. The number of alkyl halides is 6. The summed E-state index contributed by atoms with van der Waals surface area (Å²) in [6, 6.07) is 0. The maximum absolute atomic E-state index is 11.6. The number of hydrogen-bond donors (Lipinski definition) is 0. The van der Waals surface area contributed by atoms with Gasteiger partial charge in [-0.15, -0.1) is 0 Å². The van der Waals surface area contributed by atoms with E-state index in [4.69, 9.17) is 0 Å². The summed E-state index contributed by atoms with van der Waals surface area (Å²) in [7, 11) is -4.50. The van der Waals surface area contributed by atoms with E-state index in [1.807, 2.05) is 0 Å². The summed E-state index contributed by atoms with van der Waals surface area (Å²) in [6.07, 6.45) is 0. The van der Waals surface area contributed by atoms with Crippen LogP contribution in [-0.4, -0.2) is 20.4 Å². The average Bonchev–Trinajstić information content (AvgIpc) is 1.46. The summed E-state index contributed by atoms with van der Waals surface area (Å²) >= 11 is 0. The van der Waals surface area contributed by atoms with Crippen LogP contribution in [0.15, 0.2) is 0 Å². The summed E-state index contributed by atoms with van der Waals surface area (Å²) < 4.78 is 71.4. The molecule has 12 heavy (non-hydrogen) atoms. The molecule has 8 heteroatoms. The SMILES string of the molecule is FC(F)(F)S1=C=S(C(F)(F)F)C1. The maximum Gasteiger partial charge on any atom is 0.444 e. The lowest BCUT2D eigenvalue weighted by Crippen LogP contribution is -2.16. The van der Waals surface area contributed by atoms with Gasteiger partial charge in [-0.25, -0.2) is 0 Å². The molecule has 0 N–H and O–H groups in total. The third-order valence-corrected chi connectivity index (χ3v) is 5.61. The fraction of sp³-hybridized carbons (Fsp3) is 0.750. The lowest BCUT2D eigenvalue weighted by molar-refractivity contribution is -0.0349. The summed E-state index contributed by atoms with van der Waals surface area (Å²) in [6.45, 7) is 0. The largest absolute Gasteiger partial charge is 0.444 e. The molecule has 0 aromatic heterocycles. The lowest BCUT2D eigenvalue weighted by Gasteiger charge is -2.21. The molecule has 2 atom stereocenters. The van der Waals surface area contributed by atoms with E-state index >= 15 is 0 Å². The van der Waals surface area contributed by atoms with Gasteiger partial charge in [-0.2, -0.15) is 26.3 Å². The maximum atomic E-state index is 11.6. The highest BCUT2D eigenvalue weighted by molar-refractivity contribution is 8.43. The molecule has 1 heterocycles. The Bertz CT molecular complexity index is 240. The van der Waals surface area contributed by atoms with Crippen molar-refractivity contribution in [1.29, 1.82) is 0 Å². The molecule has 0 aromatic rings. The minimum atomic E-state index is -4.53. The molecule has 0 spiro atoms. The van der Waals surface area contributed by atoms with Gasteiger partial charge in [0.25, 0.3) is 0 Å². The van der Waals surface area contributed by atoms with E-state index in [1.165, 1.54) is 4.31 Å². The first-order chi connectivity index (χ1) is 5.21. The molecule has 0 amide bonds. The summed E-state index contributed by atoms with van der Waals surface area (Å²) in [5, 5.41) is -0.854. The molecule has 1 aliphatic heterocycles. The van der Waals surface area contributed by atoms with Gasteiger partial charge in [0, 0.05) is 0 Å². The van der Waals surface area contributed by atoms with E-state index in [9.17, 15) is 26.3 Å². The minimum Gasteiger partial charge on any atom is -0.160 e. The highest BCUT2D eigenvalue weighted by Gasteiger charge is 2.44. The standard InChI is InChI=1S/C4H2F6S2/c5-3(6,7)11-1-12(2-11)4(8,9)10/h1H2. The fourth-order valence-corrected chi connectivity index (χ4v) is 4.10. The Balaban J connectivity index is 2.88. The lowest BCUT2D eigenvalue weighted by atomic mass is 11.5. The van der Waals surface area contributed by atoms with Crippen molar-refractivity contribution in [1.82, 2.24) is 0 Å². The first-order valence-corrected chi connectivity index (χ1v) is 5.32. The topological polar surface area (TPSA) is 0 Å². The predicted molar refractivity (Wildman–Crippen MR) is 37.2 cm³/mol.